The maximum Gasteiger partial charge on any atom is 0.319 e. The molecule has 0 aliphatic carbocycles. The Bertz CT molecular complexity index is 1190. The van der Waals surface area contributed by atoms with Gasteiger partial charge in [0, 0.05) is 24.9 Å². The Labute approximate surface area is 216 Å². The summed E-state index contributed by atoms with van der Waals surface area (Å²) in [5.41, 5.74) is 3.38. The van der Waals surface area contributed by atoms with Gasteiger partial charge in [-0.05, 0) is 74.6 Å². The van der Waals surface area contributed by atoms with Gasteiger partial charge < -0.3 is 35.6 Å². The lowest BCUT2D eigenvalue weighted by Crippen LogP contribution is -2.30. The molecule has 0 aromatic heterocycles. The van der Waals surface area contributed by atoms with Gasteiger partial charge in [-0.1, -0.05) is 30.3 Å². The van der Waals surface area contributed by atoms with Crippen molar-refractivity contribution in [3.8, 4) is 17.2 Å². The van der Waals surface area contributed by atoms with E-state index in [1.807, 2.05) is 44.2 Å². The first kappa shape index (κ1) is 27.5. The molecule has 5 N–H and O–H groups in total. The SMILES string of the molecule is CCOC(O)C(=O)Nc1cc(C)c(Oc2ccc(O)c(NC(=O)NCCCc3ccccc3)c2)c(C)c1. The van der Waals surface area contributed by atoms with Crippen molar-refractivity contribution in [2.45, 2.75) is 39.9 Å². The first-order valence-electron chi connectivity index (χ1n) is 12.1. The van der Waals surface area contributed by atoms with Crippen molar-refractivity contribution in [1.82, 2.24) is 5.32 Å². The number of amides is 3. The number of anilines is 2. The minimum absolute atomic E-state index is 0.0915. The monoisotopic (exact) mass is 507 g/mol. The fraction of sp³-hybridized carbons (Fsp3) is 0.286. The zero-order valence-electron chi connectivity index (χ0n) is 21.2. The van der Waals surface area contributed by atoms with Crippen LogP contribution in [-0.2, 0) is 16.0 Å². The number of rotatable bonds is 11. The molecule has 37 heavy (non-hydrogen) atoms. The van der Waals surface area contributed by atoms with Gasteiger partial charge in [0.2, 0.25) is 6.29 Å². The summed E-state index contributed by atoms with van der Waals surface area (Å²) in [6, 6.07) is 17.6. The topological polar surface area (TPSA) is 129 Å². The van der Waals surface area contributed by atoms with Crippen molar-refractivity contribution in [3.05, 3.63) is 77.4 Å². The van der Waals surface area contributed by atoms with Crippen molar-refractivity contribution >= 4 is 23.3 Å². The summed E-state index contributed by atoms with van der Waals surface area (Å²) in [5.74, 6) is 0.213. The zero-order chi connectivity index (χ0) is 26.8. The van der Waals surface area contributed by atoms with Crippen molar-refractivity contribution < 1.29 is 29.3 Å². The lowest BCUT2D eigenvalue weighted by molar-refractivity contribution is -0.151. The fourth-order valence-corrected chi connectivity index (χ4v) is 3.72. The maximum absolute atomic E-state index is 12.3. The zero-order valence-corrected chi connectivity index (χ0v) is 21.2. The lowest BCUT2D eigenvalue weighted by Gasteiger charge is -2.16. The molecule has 1 atom stereocenters. The van der Waals surface area contributed by atoms with Crippen LogP contribution in [-0.4, -0.2) is 41.6 Å². The van der Waals surface area contributed by atoms with Gasteiger partial charge in [-0.3, -0.25) is 4.79 Å². The Morgan fingerprint density at radius 2 is 1.68 bits per heavy atom. The second-order valence-electron chi connectivity index (χ2n) is 8.49. The van der Waals surface area contributed by atoms with Gasteiger partial charge in [-0.2, -0.15) is 0 Å². The number of hydrogen-bond donors (Lipinski definition) is 5. The molecule has 3 amide bonds. The second-order valence-corrected chi connectivity index (χ2v) is 8.49. The molecule has 0 fully saturated rings. The van der Waals surface area contributed by atoms with Gasteiger partial charge >= 0.3 is 6.03 Å². The smallest absolute Gasteiger partial charge is 0.319 e. The van der Waals surface area contributed by atoms with E-state index in [1.54, 1.807) is 25.1 Å². The number of phenolic OH excluding ortho intramolecular Hbond substituents is 1. The van der Waals surface area contributed by atoms with Crippen LogP contribution in [0.1, 0.15) is 30.0 Å². The molecule has 0 bridgehead atoms. The Kier molecular flexibility index (Phi) is 9.88. The molecule has 0 spiro atoms. The number of aliphatic hydroxyl groups is 1. The molecular formula is C28H33N3O6. The number of urea groups is 1. The van der Waals surface area contributed by atoms with E-state index in [4.69, 9.17) is 9.47 Å². The van der Waals surface area contributed by atoms with Crippen LogP contribution in [0.4, 0.5) is 16.2 Å². The number of carbonyl (C=O) groups excluding carboxylic acids is 2. The largest absolute Gasteiger partial charge is 0.506 e. The summed E-state index contributed by atoms with van der Waals surface area (Å²) in [6.07, 6.45) is 0.0846. The predicted molar refractivity (Wildman–Crippen MR) is 142 cm³/mol. The van der Waals surface area contributed by atoms with E-state index < -0.39 is 18.2 Å². The molecule has 1 unspecified atom stereocenters. The Morgan fingerprint density at radius 3 is 2.35 bits per heavy atom. The third kappa shape index (κ3) is 8.23. The van der Waals surface area contributed by atoms with E-state index in [2.05, 4.69) is 16.0 Å². The van der Waals surface area contributed by atoms with Crippen LogP contribution in [0.3, 0.4) is 0 Å². The number of hydrogen-bond acceptors (Lipinski definition) is 6. The maximum atomic E-state index is 12.3. The highest BCUT2D eigenvalue weighted by atomic mass is 16.6. The fourth-order valence-electron chi connectivity index (χ4n) is 3.72. The summed E-state index contributed by atoms with van der Waals surface area (Å²) >= 11 is 0. The molecule has 0 aliphatic rings. The number of aryl methyl sites for hydroxylation is 3. The van der Waals surface area contributed by atoms with E-state index in [0.29, 0.717) is 23.7 Å². The van der Waals surface area contributed by atoms with Crippen LogP contribution in [0.2, 0.25) is 0 Å². The normalized spacial score (nSPS) is 11.5. The molecular weight excluding hydrogens is 474 g/mol. The van der Waals surface area contributed by atoms with Gasteiger partial charge in [0.1, 0.15) is 17.2 Å². The molecule has 196 valence electrons. The summed E-state index contributed by atoms with van der Waals surface area (Å²) in [6.45, 7) is 6.01. The van der Waals surface area contributed by atoms with Crippen LogP contribution in [0.25, 0.3) is 0 Å². The number of ether oxygens (including phenoxy) is 2. The van der Waals surface area contributed by atoms with E-state index in [1.165, 1.54) is 17.7 Å². The van der Waals surface area contributed by atoms with Crippen LogP contribution in [0.5, 0.6) is 17.2 Å². The van der Waals surface area contributed by atoms with E-state index >= 15 is 0 Å². The summed E-state index contributed by atoms with van der Waals surface area (Å²) < 4.78 is 10.9. The molecule has 3 aromatic carbocycles. The van der Waals surface area contributed by atoms with Gasteiger partial charge in [0.25, 0.3) is 5.91 Å². The second kappa shape index (κ2) is 13.3. The van der Waals surface area contributed by atoms with Gasteiger partial charge in [0.15, 0.2) is 0 Å². The summed E-state index contributed by atoms with van der Waals surface area (Å²) in [7, 11) is 0. The third-order valence-corrected chi connectivity index (χ3v) is 5.48. The van der Waals surface area contributed by atoms with Gasteiger partial charge in [-0.15, -0.1) is 0 Å². The quantitative estimate of drug-likeness (QED) is 0.143. The summed E-state index contributed by atoms with van der Waals surface area (Å²) in [5, 5.41) is 27.9. The molecule has 3 aromatic rings. The van der Waals surface area contributed by atoms with Crippen molar-refractivity contribution in [2.24, 2.45) is 0 Å². The van der Waals surface area contributed by atoms with Crippen LogP contribution in [0.15, 0.2) is 60.7 Å². The summed E-state index contributed by atoms with van der Waals surface area (Å²) in [4.78, 5) is 24.4. The average molecular weight is 508 g/mol. The standard InChI is InChI=1S/C28H33N3O6/c1-4-36-27(34)26(33)30-21-15-18(2)25(19(3)16-21)37-22-12-13-24(32)23(17-22)31-28(35)29-14-8-11-20-9-6-5-7-10-20/h5-7,9-10,12-13,15-17,27,32,34H,4,8,11,14H2,1-3H3,(H,30,33)(H2,29,31,35). The number of carbonyl (C=O) groups is 2. The van der Waals surface area contributed by atoms with Crippen molar-refractivity contribution in [2.75, 3.05) is 23.8 Å². The number of aromatic hydroxyl groups is 1. The molecule has 0 aliphatic heterocycles. The molecule has 3 rings (SSSR count). The lowest BCUT2D eigenvalue weighted by atomic mass is 10.1. The van der Waals surface area contributed by atoms with Gasteiger partial charge in [-0.25, -0.2) is 4.79 Å². The number of phenols is 1. The number of benzene rings is 3. The van der Waals surface area contributed by atoms with E-state index in [0.717, 1.165) is 24.0 Å². The highest BCUT2D eigenvalue weighted by Crippen LogP contribution is 2.35. The first-order valence-corrected chi connectivity index (χ1v) is 12.1. The van der Waals surface area contributed by atoms with Crippen molar-refractivity contribution in [1.29, 1.82) is 0 Å². The van der Waals surface area contributed by atoms with E-state index in [-0.39, 0.29) is 18.0 Å². The Hall–Kier alpha value is -4.08. The number of aliphatic hydroxyl groups excluding tert-OH is 1. The minimum Gasteiger partial charge on any atom is -0.506 e. The highest BCUT2D eigenvalue weighted by Gasteiger charge is 2.17. The molecule has 0 radical (unpaired) electrons. The predicted octanol–water partition coefficient (Wildman–Crippen LogP) is 4.85. The average Bonchev–Trinajstić information content (AvgIpc) is 2.86. The number of nitrogens with one attached hydrogen (secondary N) is 3. The van der Waals surface area contributed by atoms with Crippen molar-refractivity contribution in [3.63, 3.8) is 0 Å². The molecule has 9 heteroatoms. The highest BCUT2D eigenvalue weighted by molar-refractivity contribution is 5.93. The van der Waals surface area contributed by atoms with Crippen LogP contribution in [0, 0.1) is 13.8 Å². The minimum atomic E-state index is -1.55. The first-order chi connectivity index (χ1) is 17.8. The molecule has 0 heterocycles. The Morgan fingerprint density at radius 1 is 0.973 bits per heavy atom. The van der Waals surface area contributed by atoms with Crippen LogP contribution >= 0.6 is 0 Å². The molecule has 9 nitrogen and oxygen atoms in total. The third-order valence-electron chi connectivity index (χ3n) is 5.48. The molecule has 0 saturated heterocycles. The molecule has 0 saturated carbocycles. The van der Waals surface area contributed by atoms with Crippen LogP contribution < -0.4 is 20.7 Å². The Balaban J connectivity index is 1.60. The van der Waals surface area contributed by atoms with E-state index in [9.17, 15) is 19.8 Å². The van der Waals surface area contributed by atoms with Gasteiger partial charge in [0.05, 0.1) is 5.69 Å².